The van der Waals surface area contributed by atoms with Gasteiger partial charge in [0.05, 0.1) is 5.69 Å². The molecular formula is C15H9N5O2. The van der Waals surface area contributed by atoms with E-state index in [0.717, 1.165) is 4.90 Å². The minimum absolute atomic E-state index is 0.161. The molecule has 7 heteroatoms. The minimum Gasteiger partial charge on any atom is -0.345 e. The van der Waals surface area contributed by atoms with E-state index in [2.05, 4.69) is 5.32 Å². The molecule has 1 aliphatic rings. The predicted octanol–water partition coefficient (Wildman–Crippen LogP) is 1.58. The van der Waals surface area contributed by atoms with Crippen LogP contribution >= 0.6 is 0 Å². The number of carbonyl (C=O) groups excluding carboxylic acids is 2. The lowest BCUT2D eigenvalue weighted by molar-refractivity contribution is -0.121. The van der Waals surface area contributed by atoms with Crippen LogP contribution in [0.1, 0.15) is 12.8 Å². The highest BCUT2D eigenvalue weighted by Gasteiger charge is 2.30. The molecule has 0 atom stereocenters. The SMILES string of the molecule is N#CC(C#N)=C(C#N)Nc1ccc(N2C(=O)CCC2=O)cc1. The second-order valence-electron chi connectivity index (χ2n) is 4.38. The molecule has 0 saturated carbocycles. The Hall–Kier alpha value is -3.63. The number of anilines is 2. The standard InChI is InChI=1S/C15H9N5O2/c16-7-10(8-17)13(9-18)19-11-1-3-12(4-2-11)20-14(21)5-6-15(20)22/h1-4,19H,5-6H2. The lowest BCUT2D eigenvalue weighted by Crippen LogP contribution is -2.28. The Morgan fingerprint density at radius 2 is 1.50 bits per heavy atom. The summed E-state index contributed by atoms with van der Waals surface area (Å²) in [5.74, 6) is -0.501. The van der Waals surface area contributed by atoms with Crippen molar-refractivity contribution < 1.29 is 9.59 Å². The van der Waals surface area contributed by atoms with Gasteiger partial charge in [0.15, 0.2) is 5.57 Å². The largest absolute Gasteiger partial charge is 0.345 e. The zero-order chi connectivity index (χ0) is 16.1. The molecule has 2 rings (SSSR count). The van der Waals surface area contributed by atoms with Crippen LogP contribution in [0.25, 0.3) is 0 Å². The summed E-state index contributed by atoms with van der Waals surface area (Å²) in [6, 6.07) is 11.2. The number of nitrogens with zero attached hydrogens (tertiary/aromatic N) is 4. The molecule has 1 aromatic carbocycles. The molecule has 0 aromatic heterocycles. The van der Waals surface area contributed by atoms with Crippen LogP contribution in [0.2, 0.25) is 0 Å². The van der Waals surface area contributed by atoms with E-state index in [1.165, 1.54) is 0 Å². The van der Waals surface area contributed by atoms with Gasteiger partial charge >= 0.3 is 0 Å². The third-order valence-electron chi connectivity index (χ3n) is 3.03. The third-order valence-corrected chi connectivity index (χ3v) is 3.03. The van der Waals surface area contributed by atoms with Crippen LogP contribution in [0.4, 0.5) is 11.4 Å². The number of allylic oxidation sites excluding steroid dienone is 2. The van der Waals surface area contributed by atoms with Gasteiger partial charge < -0.3 is 5.32 Å². The molecule has 2 amide bonds. The van der Waals surface area contributed by atoms with Crippen molar-refractivity contribution >= 4 is 23.2 Å². The quantitative estimate of drug-likeness (QED) is 0.666. The smallest absolute Gasteiger partial charge is 0.234 e. The van der Waals surface area contributed by atoms with Gasteiger partial charge in [-0.1, -0.05) is 0 Å². The highest BCUT2D eigenvalue weighted by Crippen LogP contribution is 2.24. The molecule has 1 saturated heterocycles. The van der Waals surface area contributed by atoms with Crippen molar-refractivity contribution in [2.75, 3.05) is 10.2 Å². The van der Waals surface area contributed by atoms with Crippen LogP contribution in [0.3, 0.4) is 0 Å². The second-order valence-corrected chi connectivity index (χ2v) is 4.38. The number of hydrogen-bond donors (Lipinski definition) is 1. The third kappa shape index (κ3) is 2.77. The molecule has 0 bridgehead atoms. The molecule has 1 heterocycles. The van der Waals surface area contributed by atoms with E-state index in [0.29, 0.717) is 11.4 Å². The molecule has 0 unspecified atom stereocenters. The van der Waals surface area contributed by atoms with Gasteiger partial charge in [-0.25, -0.2) is 0 Å². The number of amides is 2. The van der Waals surface area contributed by atoms with Crippen molar-refractivity contribution in [1.29, 1.82) is 15.8 Å². The second kappa shape index (κ2) is 6.21. The number of imide groups is 1. The molecular weight excluding hydrogens is 282 g/mol. The van der Waals surface area contributed by atoms with Gasteiger partial charge in [-0.3, -0.25) is 14.5 Å². The monoisotopic (exact) mass is 291 g/mol. The summed E-state index contributed by atoms with van der Waals surface area (Å²) in [6.45, 7) is 0. The Balaban J connectivity index is 2.24. The van der Waals surface area contributed by atoms with Crippen LogP contribution < -0.4 is 10.2 Å². The molecule has 1 fully saturated rings. The zero-order valence-electron chi connectivity index (χ0n) is 11.3. The van der Waals surface area contributed by atoms with E-state index < -0.39 is 0 Å². The van der Waals surface area contributed by atoms with Gasteiger partial charge in [-0.2, -0.15) is 15.8 Å². The first-order chi connectivity index (χ1) is 10.6. The Morgan fingerprint density at radius 1 is 0.955 bits per heavy atom. The summed E-state index contributed by atoms with van der Waals surface area (Å²) in [6.07, 6.45) is 0.404. The summed E-state index contributed by atoms with van der Waals surface area (Å²) in [7, 11) is 0. The van der Waals surface area contributed by atoms with Gasteiger partial charge in [0.1, 0.15) is 23.9 Å². The maximum Gasteiger partial charge on any atom is 0.234 e. The first kappa shape index (κ1) is 14.8. The molecule has 7 nitrogen and oxygen atoms in total. The topological polar surface area (TPSA) is 121 Å². The Labute approximate surface area is 126 Å². The fourth-order valence-electron chi connectivity index (χ4n) is 1.99. The maximum atomic E-state index is 11.6. The Bertz CT molecular complexity index is 755. The number of carbonyl (C=O) groups is 2. The van der Waals surface area contributed by atoms with Crippen molar-refractivity contribution in [3.05, 3.63) is 35.5 Å². The van der Waals surface area contributed by atoms with Crippen LogP contribution in [-0.4, -0.2) is 11.8 Å². The Morgan fingerprint density at radius 3 is 1.95 bits per heavy atom. The van der Waals surface area contributed by atoms with E-state index in [1.807, 2.05) is 0 Å². The highest BCUT2D eigenvalue weighted by molar-refractivity contribution is 6.19. The van der Waals surface area contributed by atoms with Gasteiger partial charge in [0.25, 0.3) is 0 Å². The Kier molecular flexibility index (Phi) is 4.17. The highest BCUT2D eigenvalue weighted by atomic mass is 16.2. The first-order valence-corrected chi connectivity index (χ1v) is 6.28. The van der Waals surface area contributed by atoms with Gasteiger partial charge in [-0.05, 0) is 24.3 Å². The molecule has 0 spiro atoms. The van der Waals surface area contributed by atoms with E-state index >= 15 is 0 Å². The van der Waals surface area contributed by atoms with Crippen LogP contribution in [0, 0.1) is 34.0 Å². The van der Waals surface area contributed by atoms with Gasteiger partial charge in [-0.15, -0.1) is 0 Å². The van der Waals surface area contributed by atoms with E-state index in [-0.39, 0.29) is 35.9 Å². The summed E-state index contributed by atoms with van der Waals surface area (Å²) in [5, 5.41) is 29.1. The molecule has 1 aliphatic heterocycles. The van der Waals surface area contributed by atoms with E-state index in [4.69, 9.17) is 15.8 Å². The van der Waals surface area contributed by atoms with Crippen molar-refractivity contribution in [3.63, 3.8) is 0 Å². The van der Waals surface area contributed by atoms with Crippen LogP contribution in [0.5, 0.6) is 0 Å². The average molecular weight is 291 g/mol. The normalized spacial score (nSPS) is 13.0. The van der Waals surface area contributed by atoms with E-state index in [1.54, 1.807) is 42.5 Å². The summed E-state index contributed by atoms with van der Waals surface area (Å²) in [4.78, 5) is 24.4. The average Bonchev–Trinajstić information content (AvgIpc) is 2.87. The minimum atomic E-state index is -0.323. The number of rotatable bonds is 3. The molecule has 0 radical (unpaired) electrons. The van der Waals surface area contributed by atoms with Gasteiger partial charge in [0.2, 0.25) is 11.8 Å². The van der Waals surface area contributed by atoms with Gasteiger partial charge in [0, 0.05) is 18.5 Å². The fraction of sp³-hybridized carbons (Fsp3) is 0.133. The molecule has 22 heavy (non-hydrogen) atoms. The fourth-order valence-corrected chi connectivity index (χ4v) is 1.99. The summed E-state index contributed by atoms with van der Waals surface area (Å²) in [5.41, 5.74) is 0.422. The molecule has 106 valence electrons. The lowest BCUT2D eigenvalue weighted by Gasteiger charge is -2.14. The van der Waals surface area contributed by atoms with E-state index in [9.17, 15) is 9.59 Å². The number of nitrogens with one attached hydrogen (secondary N) is 1. The molecule has 0 aliphatic carbocycles. The predicted molar refractivity (Wildman–Crippen MR) is 75.7 cm³/mol. The van der Waals surface area contributed by atoms with Crippen molar-refractivity contribution in [2.45, 2.75) is 12.8 Å². The van der Waals surface area contributed by atoms with Crippen molar-refractivity contribution in [3.8, 4) is 18.2 Å². The molecule has 1 N–H and O–H groups in total. The zero-order valence-corrected chi connectivity index (χ0v) is 11.3. The number of nitriles is 3. The first-order valence-electron chi connectivity index (χ1n) is 6.28. The number of hydrogen-bond acceptors (Lipinski definition) is 6. The van der Waals surface area contributed by atoms with Crippen molar-refractivity contribution in [1.82, 2.24) is 0 Å². The summed E-state index contributed by atoms with van der Waals surface area (Å²) < 4.78 is 0. The van der Waals surface area contributed by atoms with Crippen molar-refractivity contribution in [2.24, 2.45) is 0 Å². The number of benzene rings is 1. The maximum absolute atomic E-state index is 11.6. The van der Waals surface area contributed by atoms with Crippen LogP contribution in [0.15, 0.2) is 35.5 Å². The van der Waals surface area contributed by atoms with Crippen LogP contribution in [-0.2, 0) is 9.59 Å². The summed E-state index contributed by atoms with van der Waals surface area (Å²) >= 11 is 0. The molecule has 1 aromatic rings. The lowest BCUT2D eigenvalue weighted by atomic mass is 10.2.